The summed E-state index contributed by atoms with van der Waals surface area (Å²) >= 11 is 0. The van der Waals surface area contributed by atoms with Crippen molar-refractivity contribution in [1.82, 2.24) is 9.97 Å². The number of hydrogen-bond acceptors (Lipinski definition) is 1. The summed E-state index contributed by atoms with van der Waals surface area (Å²) in [6.07, 6.45) is 2.17. The lowest BCUT2D eigenvalue weighted by Gasteiger charge is -2.28. The predicted octanol–water partition coefficient (Wildman–Crippen LogP) is 3.81. The van der Waals surface area contributed by atoms with E-state index in [1.165, 1.54) is 22.2 Å². The quantitative estimate of drug-likeness (QED) is 0.734. The van der Waals surface area contributed by atoms with E-state index in [0.29, 0.717) is 5.92 Å². The Hall–Kier alpha value is -2.09. The van der Waals surface area contributed by atoms with Crippen LogP contribution < -0.4 is 0 Å². The molecule has 2 heteroatoms. The topological polar surface area (TPSA) is 28.7 Å². The minimum Gasteiger partial charge on any atom is -0.341 e. The number of nitrogens with one attached hydrogen (secondary N) is 1. The van der Waals surface area contributed by atoms with Crippen LogP contribution in [0.5, 0.6) is 0 Å². The minimum atomic E-state index is 0.452. The summed E-state index contributed by atoms with van der Waals surface area (Å²) in [4.78, 5) is 8.26. The van der Waals surface area contributed by atoms with Crippen LogP contribution in [0.4, 0.5) is 0 Å². The molecular formula is C17H16N2. The largest absolute Gasteiger partial charge is 0.341 e. The van der Waals surface area contributed by atoms with Crippen molar-refractivity contribution < 1.29 is 0 Å². The van der Waals surface area contributed by atoms with Crippen LogP contribution in [0, 0.1) is 0 Å². The third kappa shape index (κ3) is 1.60. The lowest BCUT2D eigenvalue weighted by molar-refractivity contribution is 0.671. The van der Waals surface area contributed by atoms with Crippen molar-refractivity contribution in [1.29, 1.82) is 0 Å². The first-order valence-electron chi connectivity index (χ1n) is 6.91. The van der Waals surface area contributed by atoms with Gasteiger partial charge in [-0.25, -0.2) is 4.98 Å². The van der Waals surface area contributed by atoms with Crippen molar-refractivity contribution in [3.05, 3.63) is 65.0 Å². The third-order valence-electron chi connectivity index (χ3n) is 4.16. The molecule has 1 aromatic heterocycles. The van der Waals surface area contributed by atoms with Crippen LogP contribution in [-0.4, -0.2) is 9.97 Å². The van der Waals surface area contributed by atoms with Gasteiger partial charge in [0.15, 0.2) is 0 Å². The summed E-state index contributed by atoms with van der Waals surface area (Å²) in [6.45, 7) is 2.18. The van der Waals surface area contributed by atoms with Gasteiger partial charge in [-0.2, -0.15) is 0 Å². The molecule has 0 aliphatic heterocycles. The SMILES string of the molecule is CCc1ccc2nc(C3Cc4ccccc43)[nH]c2c1. The smallest absolute Gasteiger partial charge is 0.115 e. The molecule has 0 saturated carbocycles. The molecule has 1 aliphatic rings. The Morgan fingerprint density at radius 1 is 1.21 bits per heavy atom. The van der Waals surface area contributed by atoms with Crippen molar-refractivity contribution in [2.24, 2.45) is 0 Å². The summed E-state index contributed by atoms with van der Waals surface area (Å²) in [5.41, 5.74) is 6.49. The number of H-pyrrole nitrogens is 1. The maximum absolute atomic E-state index is 4.75. The van der Waals surface area contributed by atoms with Crippen LogP contribution in [0.3, 0.4) is 0 Å². The van der Waals surface area contributed by atoms with Gasteiger partial charge in [0.1, 0.15) is 5.82 Å². The van der Waals surface area contributed by atoms with Gasteiger partial charge in [-0.05, 0) is 41.7 Å². The van der Waals surface area contributed by atoms with Crippen molar-refractivity contribution in [3.8, 4) is 0 Å². The van der Waals surface area contributed by atoms with E-state index in [0.717, 1.165) is 24.2 Å². The van der Waals surface area contributed by atoms with Crippen LogP contribution in [0.2, 0.25) is 0 Å². The second-order valence-electron chi connectivity index (χ2n) is 5.28. The molecule has 0 radical (unpaired) electrons. The molecule has 0 bridgehead atoms. The van der Waals surface area contributed by atoms with Gasteiger partial charge in [0, 0.05) is 5.92 Å². The Kier molecular flexibility index (Phi) is 2.25. The van der Waals surface area contributed by atoms with Gasteiger partial charge in [-0.1, -0.05) is 37.3 Å². The number of fused-ring (bicyclic) bond motifs is 2. The summed E-state index contributed by atoms with van der Waals surface area (Å²) in [6, 6.07) is 15.2. The third-order valence-corrected chi connectivity index (χ3v) is 4.16. The first-order chi connectivity index (χ1) is 9.35. The zero-order valence-corrected chi connectivity index (χ0v) is 11.0. The highest BCUT2D eigenvalue weighted by atomic mass is 14.9. The van der Waals surface area contributed by atoms with Gasteiger partial charge >= 0.3 is 0 Å². The van der Waals surface area contributed by atoms with Crippen molar-refractivity contribution >= 4 is 11.0 Å². The summed E-state index contributed by atoms with van der Waals surface area (Å²) < 4.78 is 0. The molecule has 0 fully saturated rings. The van der Waals surface area contributed by atoms with Crippen molar-refractivity contribution in [3.63, 3.8) is 0 Å². The van der Waals surface area contributed by atoms with Crippen LogP contribution >= 0.6 is 0 Å². The molecule has 94 valence electrons. The summed E-state index contributed by atoms with van der Waals surface area (Å²) in [5.74, 6) is 1.57. The Morgan fingerprint density at radius 3 is 2.95 bits per heavy atom. The van der Waals surface area contributed by atoms with E-state index < -0.39 is 0 Å². The zero-order chi connectivity index (χ0) is 12.8. The first-order valence-corrected chi connectivity index (χ1v) is 6.91. The molecule has 4 rings (SSSR count). The van der Waals surface area contributed by atoms with Crippen molar-refractivity contribution in [2.45, 2.75) is 25.7 Å². The highest BCUT2D eigenvalue weighted by molar-refractivity contribution is 5.76. The standard InChI is InChI=1S/C17H16N2/c1-2-11-7-8-15-16(9-11)19-17(18-15)14-10-12-5-3-4-6-13(12)14/h3-9,14H,2,10H2,1H3,(H,18,19). The van der Waals surface area contributed by atoms with Gasteiger partial charge in [0.25, 0.3) is 0 Å². The van der Waals surface area contributed by atoms with Crippen LogP contribution in [-0.2, 0) is 12.8 Å². The maximum Gasteiger partial charge on any atom is 0.115 e. The Bertz CT molecular complexity index is 755. The molecule has 1 heterocycles. The number of aryl methyl sites for hydroxylation is 1. The minimum absolute atomic E-state index is 0.452. The fraction of sp³-hybridized carbons (Fsp3) is 0.235. The van der Waals surface area contributed by atoms with E-state index in [9.17, 15) is 0 Å². The average molecular weight is 248 g/mol. The Labute approximate surface area is 112 Å². The normalized spacial score (nSPS) is 17.2. The van der Waals surface area contributed by atoms with Crippen LogP contribution in [0.15, 0.2) is 42.5 Å². The molecule has 2 aromatic carbocycles. The molecule has 0 saturated heterocycles. The average Bonchev–Trinajstić information content (AvgIpc) is 2.82. The van der Waals surface area contributed by atoms with Crippen molar-refractivity contribution in [2.75, 3.05) is 0 Å². The fourth-order valence-corrected chi connectivity index (χ4v) is 2.96. The van der Waals surface area contributed by atoms with E-state index >= 15 is 0 Å². The fourth-order valence-electron chi connectivity index (χ4n) is 2.96. The zero-order valence-electron chi connectivity index (χ0n) is 11.0. The number of aromatic amines is 1. The number of rotatable bonds is 2. The van der Waals surface area contributed by atoms with Gasteiger partial charge in [0.05, 0.1) is 11.0 Å². The van der Waals surface area contributed by atoms with E-state index in [4.69, 9.17) is 4.98 Å². The Balaban J connectivity index is 1.77. The van der Waals surface area contributed by atoms with Gasteiger partial charge in [-0.3, -0.25) is 0 Å². The predicted molar refractivity (Wildman–Crippen MR) is 77.5 cm³/mol. The number of nitrogens with zero attached hydrogens (tertiary/aromatic N) is 1. The number of benzene rings is 2. The molecule has 0 amide bonds. The first kappa shape index (κ1) is 10.8. The monoisotopic (exact) mass is 248 g/mol. The summed E-state index contributed by atoms with van der Waals surface area (Å²) in [7, 11) is 0. The van der Waals surface area contributed by atoms with E-state index in [2.05, 4.69) is 54.4 Å². The highest BCUT2D eigenvalue weighted by Gasteiger charge is 2.29. The molecule has 1 unspecified atom stereocenters. The molecule has 0 spiro atoms. The van der Waals surface area contributed by atoms with Gasteiger partial charge < -0.3 is 4.98 Å². The molecule has 19 heavy (non-hydrogen) atoms. The second kappa shape index (κ2) is 3.95. The molecule has 1 atom stereocenters. The van der Waals surface area contributed by atoms with Gasteiger partial charge in [-0.15, -0.1) is 0 Å². The molecule has 2 nitrogen and oxygen atoms in total. The van der Waals surface area contributed by atoms with E-state index in [-0.39, 0.29) is 0 Å². The second-order valence-corrected chi connectivity index (χ2v) is 5.28. The molecular weight excluding hydrogens is 232 g/mol. The van der Waals surface area contributed by atoms with Gasteiger partial charge in [0.2, 0.25) is 0 Å². The van der Waals surface area contributed by atoms with Crippen LogP contribution in [0.25, 0.3) is 11.0 Å². The number of imidazole rings is 1. The van der Waals surface area contributed by atoms with Crippen LogP contribution in [0.1, 0.15) is 35.4 Å². The summed E-state index contributed by atoms with van der Waals surface area (Å²) in [5, 5.41) is 0. The maximum atomic E-state index is 4.75. The van der Waals surface area contributed by atoms with E-state index in [1.54, 1.807) is 0 Å². The lowest BCUT2D eigenvalue weighted by Crippen LogP contribution is -2.18. The Morgan fingerprint density at radius 2 is 2.11 bits per heavy atom. The highest BCUT2D eigenvalue weighted by Crippen LogP contribution is 2.39. The number of hydrogen-bond donors (Lipinski definition) is 1. The molecule has 3 aromatic rings. The number of aromatic nitrogens is 2. The lowest BCUT2D eigenvalue weighted by atomic mass is 9.77. The molecule has 1 N–H and O–H groups in total. The molecule has 1 aliphatic carbocycles. The van der Waals surface area contributed by atoms with E-state index in [1.807, 2.05) is 0 Å².